The molecule has 0 saturated carbocycles. The van der Waals surface area contributed by atoms with Crippen LogP contribution in [0.3, 0.4) is 0 Å². The van der Waals surface area contributed by atoms with Crippen LogP contribution < -0.4 is 0 Å². The summed E-state index contributed by atoms with van der Waals surface area (Å²) in [6, 6.07) is 5.22. The van der Waals surface area contributed by atoms with E-state index in [0.29, 0.717) is 21.4 Å². The largest absolute Gasteiger partial charge is 0.342 e. The van der Waals surface area contributed by atoms with Crippen molar-refractivity contribution in [1.82, 2.24) is 9.97 Å². The molecule has 0 fully saturated rings. The smallest absolute Gasteiger partial charge is 0.202 e. The third-order valence-electron chi connectivity index (χ3n) is 2.14. The molecule has 0 saturated heterocycles. The second-order valence-corrected chi connectivity index (χ2v) is 4.04. The molecule has 2 rings (SSSR count). The Morgan fingerprint density at radius 2 is 2.19 bits per heavy atom. The molecule has 1 aromatic carbocycles. The summed E-state index contributed by atoms with van der Waals surface area (Å²) >= 11 is 11.8. The number of aromatic nitrogens is 2. The summed E-state index contributed by atoms with van der Waals surface area (Å²) in [7, 11) is 0. The number of carbonyl (C=O) groups excluding carboxylic acids is 1. The van der Waals surface area contributed by atoms with Gasteiger partial charge in [-0.1, -0.05) is 35.3 Å². The molecule has 0 aliphatic carbocycles. The molecule has 0 aliphatic heterocycles. The molecule has 3 nitrogen and oxygen atoms in total. The van der Waals surface area contributed by atoms with Gasteiger partial charge in [0.15, 0.2) is 5.82 Å². The van der Waals surface area contributed by atoms with E-state index in [1.165, 1.54) is 6.20 Å². The second-order valence-electron chi connectivity index (χ2n) is 3.25. The van der Waals surface area contributed by atoms with Gasteiger partial charge in [-0.2, -0.15) is 0 Å². The summed E-state index contributed by atoms with van der Waals surface area (Å²) in [5.41, 5.74) is 0.704. The molecule has 0 atom stereocenters. The van der Waals surface area contributed by atoms with Crippen molar-refractivity contribution >= 4 is 29.0 Å². The van der Waals surface area contributed by atoms with Crippen LogP contribution >= 0.6 is 23.2 Å². The lowest BCUT2D eigenvalue weighted by Crippen LogP contribution is -2.06. The minimum absolute atomic E-state index is 0.117. The molecule has 16 heavy (non-hydrogen) atoms. The molecule has 0 bridgehead atoms. The molecule has 0 aliphatic rings. The zero-order valence-corrected chi connectivity index (χ0v) is 9.72. The van der Waals surface area contributed by atoms with Crippen LogP contribution in [-0.2, 0) is 6.42 Å². The summed E-state index contributed by atoms with van der Waals surface area (Å²) < 4.78 is 0. The van der Waals surface area contributed by atoms with Gasteiger partial charge in [0.1, 0.15) is 0 Å². The third kappa shape index (κ3) is 2.26. The number of ketones is 1. The van der Waals surface area contributed by atoms with E-state index in [-0.39, 0.29) is 12.2 Å². The predicted molar refractivity (Wildman–Crippen MR) is 63.1 cm³/mol. The van der Waals surface area contributed by atoms with Crippen LogP contribution in [0, 0.1) is 0 Å². The molecule has 0 unspecified atom stereocenters. The van der Waals surface area contributed by atoms with Crippen molar-refractivity contribution < 1.29 is 4.79 Å². The van der Waals surface area contributed by atoms with Crippen LogP contribution in [0.25, 0.3) is 0 Å². The van der Waals surface area contributed by atoms with Crippen LogP contribution in [0.15, 0.2) is 30.6 Å². The molecule has 1 aromatic heterocycles. The number of nitrogens with one attached hydrogen (secondary N) is 1. The molecule has 1 heterocycles. The number of hydrogen-bond acceptors (Lipinski definition) is 2. The van der Waals surface area contributed by atoms with Gasteiger partial charge in [0.2, 0.25) is 5.78 Å². The average molecular weight is 255 g/mol. The minimum atomic E-state index is -0.117. The maximum Gasteiger partial charge on any atom is 0.202 e. The highest BCUT2D eigenvalue weighted by molar-refractivity contribution is 6.42. The van der Waals surface area contributed by atoms with Crippen LogP contribution in [0.2, 0.25) is 10.0 Å². The number of rotatable bonds is 3. The van der Waals surface area contributed by atoms with E-state index in [1.54, 1.807) is 24.4 Å². The Balaban J connectivity index is 2.22. The van der Waals surface area contributed by atoms with E-state index in [1.807, 2.05) is 0 Å². The summed E-state index contributed by atoms with van der Waals surface area (Å²) in [6.45, 7) is 0. The number of Topliss-reactive ketones (excluding diaryl/α,β-unsaturated/α-hetero) is 1. The van der Waals surface area contributed by atoms with Crippen molar-refractivity contribution in [2.75, 3.05) is 0 Å². The van der Waals surface area contributed by atoms with Crippen molar-refractivity contribution in [3.8, 4) is 0 Å². The van der Waals surface area contributed by atoms with E-state index < -0.39 is 0 Å². The first kappa shape index (κ1) is 11.2. The van der Waals surface area contributed by atoms with E-state index >= 15 is 0 Å². The predicted octanol–water partition coefficient (Wildman–Crippen LogP) is 3.14. The fourth-order valence-electron chi connectivity index (χ4n) is 1.36. The number of nitrogens with zero attached hydrogens (tertiary/aromatic N) is 1. The minimum Gasteiger partial charge on any atom is -0.342 e. The standard InChI is InChI=1S/C11H8Cl2N2O/c12-8-3-1-2-7(10(8)13)6-9(16)11-14-4-5-15-11/h1-5H,6H2,(H,14,15). The van der Waals surface area contributed by atoms with Gasteiger partial charge in [-0.05, 0) is 11.6 Å². The van der Waals surface area contributed by atoms with Gasteiger partial charge in [0.25, 0.3) is 0 Å². The summed E-state index contributed by atoms with van der Waals surface area (Å²) in [5, 5.41) is 0.871. The van der Waals surface area contributed by atoms with Crippen LogP contribution in [0.4, 0.5) is 0 Å². The number of imidazole rings is 1. The SMILES string of the molecule is O=C(Cc1cccc(Cl)c1Cl)c1ncc[nH]1. The van der Waals surface area contributed by atoms with Gasteiger partial charge in [0, 0.05) is 18.8 Å². The Bertz CT molecular complexity index is 509. The lowest BCUT2D eigenvalue weighted by molar-refractivity contribution is 0.0984. The molecule has 0 radical (unpaired) electrons. The molecule has 82 valence electrons. The Morgan fingerprint density at radius 3 is 2.88 bits per heavy atom. The lowest BCUT2D eigenvalue weighted by Gasteiger charge is -2.03. The first-order valence-corrected chi connectivity index (χ1v) is 5.39. The molecule has 5 heteroatoms. The maximum atomic E-state index is 11.7. The van der Waals surface area contributed by atoms with Crippen LogP contribution in [0.5, 0.6) is 0 Å². The number of aromatic amines is 1. The lowest BCUT2D eigenvalue weighted by atomic mass is 10.1. The van der Waals surface area contributed by atoms with Crippen molar-refractivity contribution in [3.05, 3.63) is 52.0 Å². The van der Waals surface area contributed by atoms with E-state index in [2.05, 4.69) is 9.97 Å². The highest BCUT2D eigenvalue weighted by Crippen LogP contribution is 2.26. The summed E-state index contributed by atoms with van der Waals surface area (Å²) in [4.78, 5) is 18.4. The number of hydrogen-bond donors (Lipinski definition) is 1. The Kier molecular flexibility index (Phi) is 3.27. The number of benzene rings is 1. The van der Waals surface area contributed by atoms with Crippen molar-refractivity contribution in [1.29, 1.82) is 0 Å². The van der Waals surface area contributed by atoms with Gasteiger partial charge in [0.05, 0.1) is 10.0 Å². The quantitative estimate of drug-likeness (QED) is 0.856. The highest BCUT2D eigenvalue weighted by atomic mass is 35.5. The Morgan fingerprint density at radius 1 is 1.38 bits per heavy atom. The van der Waals surface area contributed by atoms with Gasteiger partial charge in [-0.25, -0.2) is 4.98 Å². The second kappa shape index (κ2) is 4.68. The van der Waals surface area contributed by atoms with Crippen molar-refractivity contribution in [3.63, 3.8) is 0 Å². The first-order valence-electron chi connectivity index (χ1n) is 4.64. The zero-order valence-electron chi connectivity index (χ0n) is 8.21. The summed E-state index contributed by atoms with van der Waals surface area (Å²) in [6.07, 6.45) is 3.33. The van der Waals surface area contributed by atoms with Crippen LogP contribution in [-0.4, -0.2) is 15.8 Å². The topological polar surface area (TPSA) is 45.8 Å². The normalized spacial score (nSPS) is 10.4. The molecule has 0 spiro atoms. The zero-order chi connectivity index (χ0) is 11.5. The van der Waals surface area contributed by atoms with E-state index in [0.717, 1.165) is 0 Å². The monoisotopic (exact) mass is 254 g/mol. The molecule has 0 amide bonds. The fourth-order valence-corrected chi connectivity index (χ4v) is 1.75. The Hall–Kier alpha value is -1.32. The number of H-pyrrole nitrogens is 1. The van der Waals surface area contributed by atoms with Gasteiger partial charge in [-0.3, -0.25) is 4.79 Å². The first-order chi connectivity index (χ1) is 7.68. The van der Waals surface area contributed by atoms with Gasteiger partial charge in [-0.15, -0.1) is 0 Å². The number of carbonyl (C=O) groups is 1. The van der Waals surface area contributed by atoms with Crippen molar-refractivity contribution in [2.45, 2.75) is 6.42 Å². The third-order valence-corrected chi connectivity index (χ3v) is 3.00. The van der Waals surface area contributed by atoms with Gasteiger partial charge < -0.3 is 4.98 Å². The van der Waals surface area contributed by atoms with E-state index in [9.17, 15) is 4.79 Å². The summed E-state index contributed by atoms with van der Waals surface area (Å²) in [5.74, 6) is 0.213. The molecular weight excluding hydrogens is 247 g/mol. The van der Waals surface area contributed by atoms with Gasteiger partial charge >= 0.3 is 0 Å². The van der Waals surface area contributed by atoms with Crippen molar-refractivity contribution in [2.24, 2.45) is 0 Å². The number of halogens is 2. The Labute approximate surface area is 102 Å². The maximum absolute atomic E-state index is 11.7. The molecule has 2 aromatic rings. The fraction of sp³-hybridized carbons (Fsp3) is 0.0909. The molecular formula is C11H8Cl2N2O. The van der Waals surface area contributed by atoms with E-state index in [4.69, 9.17) is 23.2 Å². The average Bonchev–Trinajstić information content (AvgIpc) is 2.78. The highest BCUT2D eigenvalue weighted by Gasteiger charge is 2.12. The van der Waals surface area contributed by atoms with Crippen LogP contribution in [0.1, 0.15) is 16.2 Å². The molecule has 1 N–H and O–H groups in total.